The van der Waals surface area contributed by atoms with Crippen molar-refractivity contribution in [3.63, 3.8) is 0 Å². The predicted molar refractivity (Wildman–Crippen MR) is 122 cm³/mol. The zero-order valence-electron chi connectivity index (χ0n) is 18.7. The van der Waals surface area contributed by atoms with Gasteiger partial charge in [-0.25, -0.2) is 4.68 Å². The van der Waals surface area contributed by atoms with Gasteiger partial charge in [0.15, 0.2) is 0 Å². The van der Waals surface area contributed by atoms with E-state index in [0.717, 1.165) is 12.0 Å². The maximum absolute atomic E-state index is 12.5. The Labute approximate surface area is 178 Å². The van der Waals surface area contributed by atoms with Crippen LogP contribution in [-0.2, 0) is 11.8 Å². The van der Waals surface area contributed by atoms with Gasteiger partial charge in [-0.15, -0.1) is 0 Å². The van der Waals surface area contributed by atoms with Crippen molar-refractivity contribution in [3.8, 4) is 5.69 Å². The van der Waals surface area contributed by atoms with Gasteiger partial charge in [0.2, 0.25) is 0 Å². The molecule has 5 heteroatoms. The molecular formula is C25H31N3O2. The van der Waals surface area contributed by atoms with Gasteiger partial charge in [-0.05, 0) is 67.0 Å². The molecule has 0 spiro atoms. The van der Waals surface area contributed by atoms with Crippen molar-refractivity contribution >= 4 is 5.91 Å². The zero-order chi connectivity index (χ0) is 22.1. The molecule has 5 nitrogen and oxygen atoms in total. The smallest absolute Gasteiger partial charge is 0.271 e. The number of nitrogens with one attached hydrogen (secondary N) is 2. The summed E-state index contributed by atoms with van der Waals surface area (Å²) in [5.41, 5.74) is 6.99. The molecule has 0 aliphatic carbocycles. The highest BCUT2D eigenvalue weighted by atomic mass is 16.2. The lowest BCUT2D eigenvalue weighted by atomic mass is 9.83. The average molecular weight is 406 g/mol. The molecule has 3 rings (SSSR count). The monoisotopic (exact) mass is 405 g/mol. The van der Waals surface area contributed by atoms with Crippen LogP contribution in [0.25, 0.3) is 5.69 Å². The molecule has 30 heavy (non-hydrogen) atoms. The van der Waals surface area contributed by atoms with Gasteiger partial charge in [0.05, 0.1) is 5.69 Å². The van der Waals surface area contributed by atoms with Crippen LogP contribution in [0.3, 0.4) is 0 Å². The normalized spacial score (nSPS) is 11.5. The van der Waals surface area contributed by atoms with Crippen molar-refractivity contribution in [2.75, 3.05) is 6.54 Å². The summed E-state index contributed by atoms with van der Waals surface area (Å²) in [6, 6.07) is 13.4. The van der Waals surface area contributed by atoms with Crippen LogP contribution in [0.15, 0.2) is 47.3 Å². The van der Waals surface area contributed by atoms with E-state index in [1.807, 2.05) is 31.2 Å². The number of carbonyl (C=O) groups is 1. The summed E-state index contributed by atoms with van der Waals surface area (Å²) in [6.45, 7) is 13.4. The van der Waals surface area contributed by atoms with Gasteiger partial charge in [-0.2, -0.15) is 0 Å². The molecule has 2 aromatic carbocycles. The molecule has 1 heterocycles. The number of nitrogens with zero attached hydrogens (tertiary/aromatic N) is 1. The minimum atomic E-state index is -0.278. The third kappa shape index (κ3) is 4.73. The Kier molecular flexibility index (Phi) is 6.01. The van der Waals surface area contributed by atoms with Crippen LogP contribution in [0.4, 0.5) is 0 Å². The van der Waals surface area contributed by atoms with Crippen LogP contribution in [0.1, 0.15) is 59.1 Å². The second-order valence-electron chi connectivity index (χ2n) is 9.02. The summed E-state index contributed by atoms with van der Waals surface area (Å²) in [5, 5.41) is 5.83. The van der Waals surface area contributed by atoms with E-state index in [4.69, 9.17) is 0 Å². The molecule has 0 aliphatic rings. The molecule has 1 amide bonds. The highest BCUT2D eigenvalue weighted by Gasteiger charge is 2.17. The Morgan fingerprint density at radius 1 is 1.00 bits per heavy atom. The minimum Gasteiger partial charge on any atom is -0.350 e. The Bertz CT molecular complexity index is 1090. The summed E-state index contributed by atoms with van der Waals surface area (Å²) >= 11 is 0. The van der Waals surface area contributed by atoms with Gasteiger partial charge in [0.1, 0.15) is 5.69 Å². The second-order valence-corrected chi connectivity index (χ2v) is 9.02. The Morgan fingerprint density at radius 3 is 2.17 bits per heavy atom. The SMILES string of the molecule is Cc1ccc(-n2[nH]c(C(=O)NCCc3c(C)cc(C(C)(C)C)cc3C)cc2=O)cc1. The van der Waals surface area contributed by atoms with Gasteiger partial charge in [-0.1, -0.05) is 50.6 Å². The van der Waals surface area contributed by atoms with Crippen LogP contribution < -0.4 is 10.9 Å². The fourth-order valence-corrected chi connectivity index (χ4v) is 3.61. The number of rotatable bonds is 5. The van der Waals surface area contributed by atoms with Crippen molar-refractivity contribution in [1.29, 1.82) is 0 Å². The fraction of sp³-hybridized carbons (Fsp3) is 0.360. The number of aromatic amines is 1. The molecule has 0 unspecified atom stereocenters. The van der Waals surface area contributed by atoms with Crippen LogP contribution in [0.2, 0.25) is 0 Å². The van der Waals surface area contributed by atoms with Crippen molar-refractivity contribution in [2.45, 2.75) is 53.4 Å². The summed E-state index contributed by atoms with van der Waals surface area (Å²) in [7, 11) is 0. The van der Waals surface area contributed by atoms with Gasteiger partial charge in [-0.3, -0.25) is 14.7 Å². The first-order valence-electron chi connectivity index (χ1n) is 10.3. The van der Waals surface area contributed by atoms with E-state index in [-0.39, 0.29) is 22.6 Å². The number of H-pyrrole nitrogens is 1. The number of aromatic nitrogens is 2. The number of benzene rings is 2. The molecular weight excluding hydrogens is 374 g/mol. The highest BCUT2D eigenvalue weighted by molar-refractivity contribution is 5.92. The summed E-state index contributed by atoms with van der Waals surface area (Å²) < 4.78 is 1.38. The molecule has 0 aliphatic heterocycles. The summed E-state index contributed by atoms with van der Waals surface area (Å²) in [5.74, 6) is -0.278. The van der Waals surface area contributed by atoms with E-state index >= 15 is 0 Å². The first-order valence-corrected chi connectivity index (χ1v) is 10.3. The maximum Gasteiger partial charge on any atom is 0.271 e. The molecule has 3 aromatic rings. The molecule has 0 radical (unpaired) electrons. The molecule has 0 saturated carbocycles. The molecule has 0 bridgehead atoms. The lowest BCUT2D eigenvalue weighted by Gasteiger charge is -2.22. The zero-order valence-corrected chi connectivity index (χ0v) is 18.7. The molecule has 2 N–H and O–H groups in total. The minimum absolute atomic E-state index is 0.110. The third-order valence-electron chi connectivity index (χ3n) is 5.48. The van der Waals surface area contributed by atoms with Gasteiger partial charge in [0, 0.05) is 12.6 Å². The summed E-state index contributed by atoms with van der Waals surface area (Å²) in [4.78, 5) is 24.8. The number of amides is 1. The molecule has 158 valence electrons. The van der Waals surface area contributed by atoms with E-state index in [9.17, 15) is 9.59 Å². The lowest BCUT2D eigenvalue weighted by molar-refractivity contribution is 0.0948. The van der Waals surface area contributed by atoms with Crippen LogP contribution in [-0.4, -0.2) is 22.2 Å². The number of aryl methyl sites for hydroxylation is 3. The predicted octanol–water partition coefficient (Wildman–Crippen LogP) is 4.36. The number of hydrogen-bond acceptors (Lipinski definition) is 2. The van der Waals surface area contributed by atoms with E-state index in [2.05, 4.69) is 57.2 Å². The summed E-state index contributed by atoms with van der Waals surface area (Å²) in [6.07, 6.45) is 0.747. The Morgan fingerprint density at radius 2 is 1.60 bits per heavy atom. The van der Waals surface area contributed by atoms with E-state index in [1.165, 1.54) is 33.0 Å². The topological polar surface area (TPSA) is 66.9 Å². The number of hydrogen-bond donors (Lipinski definition) is 2. The van der Waals surface area contributed by atoms with Crippen LogP contribution in [0, 0.1) is 20.8 Å². The maximum atomic E-state index is 12.5. The standard InChI is InChI=1S/C25H31N3O2/c1-16-7-9-20(10-8-16)28-23(29)15-22(27-28)24(30)26-12-11-21-17(2)13-19(14-18(21)3)25(4,5)6/h7-10,13-15,27H,11-12H2,1-6H3,(H,26,30). The van der Waals surface area contributed by atoms with Gasteiger partial charge < -0.3 is 5.32 Å². The van der Waals surface area contributed by atoms with Crippen molar-refractivity contribution in [3.05, 3.63) is 86.3 Å². The largest absolute Gasteiger partial charge is 0.350 e. The van der Waals surface area contributed by atoms with Crippen molar-refractivity contribution in [2.24, 2.45) is 0 Å². The lowest BCUT2D eigenvalue weighted by Crippen LogP contribution is -2.26. The van der Waals surface area contributed by atoms with Crippen molar-refractivity contribution in [1.82, 2.24) is 15.1 Å². The Balaban J connectivity index is 1.68. The molecule has 0 saturated heterocycles. The average Bonchev–Trinajstić information content (AvgIpc) is 3.05. The van der Waals surface area contributed by atoms with Gasteiger partial charge in [0.25, 0.3) is 11.5 Å². The van der Waals surface area contributed by atoms with Crippen molar-refractivity contribution < 1.29 is 4.79 Å². The van der Waals surface area contributed by atoms with Gasteiger partial charge >= 0.3 is 0 Å². The quantitative estimate of drug-likeness (QED) is 0.662. The molecule has 0 atom stereocenters. The fourth-order valence-electron chi connectivity index (χ4n) is 3.61. The van der Waals surface area contributed by atoms with E-state index < -0.39 is 0 Å². The first kappa shape index (κ1) is 21.6. The number of carbonyl (C=O) groups excluding carboxylic acids is 1. The molecule has 1 aromatic heterocycles. The van der Waals surface area contributed by atoms with Crippen LogP contribution in [0.5, 0.6) is 0 Å². The second kappa shape index (κ2) is 8.34. The van der Waals surface area contributed by atoms with Crippen LogP contribution >= 0.6 is 0 Å². The van der Waals surface area contributed by atoms with E-state index in [0.29, 0.717) is 12.2 Å². The Hall–Kier alpha value is -3.08. The highest BCUT2D eigenvalue weighted by Crippen LogP contribution is 2.27. The van der Waals surface area contributed by atoms with E-state index in [1.54, 1.807) is 0 Å². The third-order valence-corrected chi connectivity index (χ3v) is 5.48. The molecule has 0 fully saturated rings. The first-order chi connectivity index (χ1) is 14.1.